The number of hydrogen-bond acceptors (Lipinski definition) is 5. The van der Waals surface area contributed by atoms with E-state index in [0.717, 1.165) is 54.3 Å². The fourth-order valence-electron chi connectivity index (χ4n) is 2.64. The normalized spacial score (nSPS) is 15.4. The van der Waals surface area contributed by atoms with E-state index in [2.05, 4.69) is 31.1 Å². The second-order valence-corrected chi connectivity index (χ2v) is 5.51. The van der Waals surface area contributed by atoms with Crippen molar-refractivity contribution in [3.63, 3.8) is 0 Å². The molecule has 7 heteroatoms. The van der Waals surface area contributed by atoms with Crippen LogP contribution >= 0.6 is 11.6 Å². The number of pyridine rings is 2. The molecule has 1 saturated heterocycles. The Hall–Kier alpha value is -2.18. The van der Waals surface area contributed by atoms with Gasteiger partial charge in [-0.15, -0.1) is 0 Å². The Morgan fingerprint density at radius 2 is 2.05 bits per heavy atom. The first-order valence-electron chi connectivity index (χ1n) is 7.10. The molecule has 4 rings (SSSR count). The van der Waals surface area contributed by atoms with Gasteiger partial charge in [-0.05, 0) is 18.2 Å². The fourth-order valence-corrected chi connectivity index (χ4v) is 2.80. The van der Waals surface area contributed by atoms with E-state index in [1.165, 1.54) is 0 Å². The SMILES string of the molecule is Clc1cc2c(-c3ccnc(N4CCOCC4)c3)n[nH]c2cn1. The third-order valence-electron chi connectivity index (χ3n) is 3.77. The Morgan fingerprint density at radius 1 is 1.18 bits per heavy atom. The highest BCUT2D eigenvalue weighted by Crippen LogP contribution is 2.29. The van der Waals surface area contributed by atoms with E-state index in [9.17, 15) is 0 Å². The van der Waals surface area contributed by atoms with Crippen molar-refractivity contribution in [2.75, 3.05) is 31.2 Å². The van der Waals surface area contributed by atoms with Crippen LogP contribution in [0.25, 0.3) is 22.2 Å². The summed E-state index contributed by atoms with van der Waals surface area (Å²) in [4.78, 5) is 10.7. The summed E-state index contributed by atoms with van der Waals surface area (Å²) in [6, 6.07) is 5.83. The molecular formula is C15H14ClN5O. The summed E-state index contributed by atoms with van der Waals surface area (Å²) in [6.45, 7) is 3.18. The van der Waals surface area contributed by atoms with Crippen LogP contribution in [0.15, 0.2) is 30.6 Å². The minimum Gasteiger partial charge on any atom is -0.378 e. The summed E-state index contributed by atoms with van der Waals surface area (Å²) in [7, 11) is 0. The molecule has 0 saturated carbocycles. The molecule has 1 fully saturated rings. The monoisotopic (exact) mass is 315 g/mol. The third-order valence-corrected chi connectivity index (χ3v) is 3.97. The number of nitrogens with zero attached hydrogens (tertiary/aromatic N) is 4. The quantitative estimate of drug-likeness (QED) is 0.736. The number of aromatic amines is 1. The van der Waals surface area contributed by atoms with Crippen molar-refractivity contribution in [1.29, 1.82) is 0 Å². The minimum absolute atomic E-state index is 0.456. The van der Waals surface area contributed by atoms with E-state index in [4.69, 9.17) is 16.3 Å². The van der Waals surface area contributed by atoms with Gasteiger partial charge in [-0.25, -0.2) is 9.97 Å². The van der Waals surface area contributed by atoms with Crippen molar-refractivity contribution in [2.24, 2.45) is 0 Å². The van der Waals surface area contributed by atoms with Gasteiger partial charge in [0, 0.05) is 30.2 Å². The maximum Gasteiger partial charge on any atom is 0.129 e. The van der Waals surface area contributed by atoms with Crippen molar-refractivity contribution in [3.8, 4) is 11.3 Å². The van der Waals surface area contributed by atoms with Gasteiger partial charge in [0.05, 0.1) is 24.9 Å². The fraction of sp³-hybridized carbons (Fsp3) is 0.267. The number of anilines is 1. The van der Waals surface area contributed by atoms with Crippen molar-refractivity contribution in [3.05, 3.63) is 35.7 Å². The van der Waals surface area contributed by atoms with E-state index < -0.39 is 0 Å². The zero-order chi connectivity index (χ0) is 14.9. The third kappa shape index (κ3) is 2.40. The molecule has 0 atom stereocenters. The second-order valence-electron chi connectivity index (χ2n) is 5.13. The lowest BCUT2D eigenvalue weighted by molar-refractivity contribution is 0.122. The molecule has 0 aromatic carbocycles. The van der Waals surface area contributed by atoms with E-state index in [0.29, 0.717) is 5.15 Å². The lowest BCUT2D eigenvalue weighted by Crippen LogP contribution is -2.36. The first-order valence-corrected chi connectivity index (χ1v) is 7.48. The number of aromatic nitrogens is 4. The number of fused-ring (bicyclic) bond motifs is 1. The molecular weight excluding hydrogens is 302 g/mol. The molecule has 1 aliphatic rings. The standard InChI is InChI=1S/C15H14ClN5O/c16-13-8-11-12(9-18-13)19-20-15(11)10-1-2-17-14(7-10)21-3-5-22-6-4-21/h1-2,7-9H,3-6H2,(H,19,20). The Morgan fingerprint density at radius 3 is 2.91 bits per heavy atom. The number of ether oxygens (including phenoxy) is 1. The van der Waals surface area contributed by atoms with Gasteiger partial charge < -0.3 is 9.64 Å². The first kappa shape index (κ1) is 13.5. The van der Waals surface area contributed by atoms with Crippen molar-refractivity contribution in [1.82, 2.24) is 20.2 Å². The Labute approximate surface area is 132 Å². The van der Waals surface area contributed by atoms with E-state index in [1.807, 2.05) is 18.3 Å². The highest BCUT2D eigenvalue weighted by atomic mass is 35.5. The van der Waals surface area contributed by atoms with E-state index in [-0.39, 0.29) is 0 Å². The average molecular weight is 316 g/mol. The zero-order valence-electron chi connectivity index (χ0n) is 11.8. The molecule has 0 aliphatic carbocycles. The average Bonchev–Trinajstić information content (AvgIpc) is 2.99. The smallest absolute Gasteiger partial charge is 0.129 e. The van der Waals surface area contributed by atoms with Gasteiger partial charge in [0.1, 0.15) is 16.7 Å². The minimum atomic E-state index is 0.456. The Balaban J connectivity index is 1.76. The molecule has 0 unspecified atom stereocenters. The van der Waals surface area contributed by atoms with Crippen LogP contribution in [-0.2, 0) is 4.74 Å². The summed E-state index contributed by atoms with van der Waals surface area (Å²) in [5.74, 6) is 0.942. The molecule has 1 aliphatic heterocycles. The van der Waals surface area contributed by atoms with Gasteiger partial charge in [-0.2, -0.15) is 5.10 Å². The molecule has 0 amide bonds. The van der Waals surface area contributed by atoms with Gasteiger partial charge in [0.15, 0.2) is 0 Å². The molecule has 4 heterocycles. The van der Waals surface area contributed by atoms with Gasteiger partial charge in [0.25, 0.3) is 0 Å². The molecule has 22 heavy (non-hydrogen) atoms. The molecule has 0 radical (unpaired) electrons. The van der Waals surface area contributed by atoms with Gasteiger partial charge in [-0.3, -0.25) is 5.10 Å². The van der Waals surface area contributed by atoms with Crippen LogP contribution < -0.4 is 4.90 Å². The number of halogens is 1. The summed E-state index contributed by atoms with van der Waals surface area (Å²) in [5, 5.41) is 8.80. The number of nitrogens with one attached hydrogen (secondary N) is 1. The lowest BCUT2D eigenvalue weighted by atomic mass is 10.1. The lowest BCUT2D eigenvalue weighted by Gasteiger charge is -2.27. The number of rotatable bonds is 2. The van der Waals surface area contributed by atoms with Crippen LogP contribution in [0.1, 0.15) is 0 Å². The topological polar surface area (TPSA) is 66.9 Å². The van der Waals surface area contributed by atoms with Crippen molar-refractivity contribution < 1.29 is 4.74 Å². The second kappa shape index (κ2) is 5.55. The molecule has 3 aromatic rings. The van der Waals surface area contributed by atoms with Crippen molar-refractivity contribution >= 4 is 28.3 Å². The molecule has 6 nitrogen and oxygen atoms in total. The summed E-state index contributed by atoms with van der Waals surface area (Å²) < 4.78 is 5.39. The van der Waals surface area contributed by atoms with Crippen LogP contribution in [-0.4, -0.2) is 46.5 Å². The first-order chi connectivity index (χ1) is 10.8. The van der Waals surface area contributed by atoms with Crippen molar-refractivity contribution in [2.45, 2.75) is 0 Å². The molecule has 0 spiro atoms. The predicted octanol–water partition coefficient (Wildman–Crippen LogP) is 2.51. The van der Waals surface area contributed by atoms with Crippen LogP contribution in [0.3, 0.4) is 0 Å². The molecule has 3 aromatic heterocycles. The number of morpholine rings is 1. The maximum atomic E-state index is 6.00. The number of H-pyrrole nitrogens is 1. The largest absolute Gasteiger partial charge is 0.378 e. The number of hydrogen-bond donors (Lipinski definition) is 1. The van der Waals surface area contributed by atoms with E-state index >= 15 is 0 Å². The summed E-state index contributed by atoms with van der Waals surface area (Å²) in [5.41, 5.74) is 2.73. The van der Waals surface area contributed by atoms with Gasteiger partial charge >= 0.3 is 0 Å². The van der Waals surface area contributed by atoms with Crippen LogP contribution in [0, 0.1) is 0 Å². The summed E-state index contributed by atoms with van der Waals surface area (Å²) in [6.07, 6.45) is 3.50. The van der Waals surface area contributed by atoms with Crippen LogP contribution in [0.5, 0.6) is 0 Å². The Bertz CT molecular complexity index is 813. The van der Waals surface area contributed by atoms with Gasteiger partial charge in [-0.1, -0.05) is 11.6 Å². The van der Waals surface area contributed by atoms with E-state index in [1.54, 1.807) is 6.20 Å². The highest BCUT2D eigenvalue weighted by Gasteiger charge is 2.15. The Kier molecular flexibility index (Phi) is 3.40. The van der Waals surface area contributed by atoms with Crippen LogP contribution in [0.2, 0.25) is 5.15 Å². The molecule has 0 bridgehead atoms. The molecule has 112 valence electrons. The highest BCUT2D eigenvalue weighted by molar-refractivity contribution is 6.30. The maximum absolute atomic E-state index is 6.00. The van der Waals surface area contributed by atoms with Crippen LogP contribution in [0.4, 0.5) is 5.82 Å². The zero-order valence-corrected chi connectivity index (χ0v) is 12.5. The molecule has 1 N–H and O–H groups in total. The van der Waals surface area contributed by atoms with Gasteiger partial charge in [0.2, 0.25) is 0 Å². The summed E-state index contributed by atoms with van der Waals surface area (Å²) >= 11 is 6.00. The predicted molar refractivity (Wildman–Crippen MR) is 85.2 cm³/mol.